The number of halogens is 3. The standard InChI is InChI=1S/C16H21F3N2/c1-20-10-13-7-6-12(9-15(13)21-2)11-4-3-5-14(8-11)16(17,18)19/h3-5,8,10,12-13,15,21H,6-7,9H2,1-2H3/b20-10+/t12-,13?,15-/m0/s1. The molecule has 1 N–H and O–H groups in total. The largest absolute Gasteiger partial charge is 0.416 e. The molecule has 0 amide bonds. The summed E-state index contributed by atoms with van der Waals surface area (Å²) in [6.45, 7) is 0. The summed E-state index contributed by atoms with van der Waals surface area (Å²) in [5.41, 5.74) is 0.232. The third-order valence-electron chi connectivity index (χ3n) is 4.30. The number of hydrogen-bond acceptors (Lipinski definition) is 2. The average Bonchev–Trinajstić information content (AvgIpc) is 2.47. The molecule has 0 bridgehead atoms. The van der Waals surface area contributed by atoms with E-state index in [2.05, 4.69) is 10.3 Å². The minimum absolute atomic E-state index is 0.172. The van der Waals surface area contributed by atoms with Crippen molar-refractivity contribution in [1.82, 2.24) is 5.32 Å². The van der Waals surface area contributed by atoms with Crippen LogP contribution in [0.1, 0.15) is 36.3 Å². The Bertz CT molecular complexity index is 497. The van der Waals surface area contributed by atoms with E-state index in [0.717, 1.165) is 30.9 Å². The van der Waals surface area contributed by atoms with Crippen LogP contribution >= 0.6 is 0 Å². The van der Waals surface area contributed by atoms with Crippen LogP contribution in [0, 0.1) is 5.92 Å². The maximum Gasteiger partial charge on any atom is 0.416 e. The first-order valence-electron chi connectivity index (χ1n) is 7.22. The van der Waals surface area contributed by atoms with Gasteiger partial charge in [-0.15, -0.1) is 0 Å². The van der Waals surface area contributed by atoms with Crippen LogP contribution in [-0.4, -0.2) is 26.4 Å². The molecular formula is C16H21F3N2. The van der Waals surface area contributed by atoms with E-state index in [0.29, 0.717) is 5.92 Å². The lowest BCUT2D eigenvalue weighted by atomic mass is 9.75. The van der Waals surface area contributed by atoms with Gasteiger partial charge in [-0.3, -0.25) is 0 Å². The first-order chi connectivity index (χ1) is 9.95. The fourth-order valence-electron chi connectivity index (χ4n) is 3.17. The molecule has 1 fully saturated rings. The molecule has 1 aromatic rings. The number of alkyl halides is 3. The second kappa shape index (κ2) is 6.60. The van der Waals surface area contributed by atoms with Gasteiger partial charge in [0.2, 0.25) is 0 Å². The van der Waals surface area contributed by atoms with Crippen LogP contribution in [0.15, 0.2) is 29.3 Å². The molecule has 1 saturated carbocycles. The Morgan fingerprint density at radius 2 is 2.05 bits per heavy atom. The Balaban J connectivity index is 2.16. The van der Waals surface area contributed by atoms with Crippen molar-refractivity contribution >= 4 is 6.21 Å². The van der Waals surface area contributed by atoms with Gasteiger partial charge in [-0.25, -0.2) is 0 Å². The first-order valence-corrected chi connectivity index (χ1v) is 7.22. The molecule has 0 aliphatic heterocycles. The molecule has 0 heterocycles. The zero-order valence-electron chi connectivity index (χ0n) is 12.3. The van der Waals surface area contributed by atoms with Crippen LogP contribution in [0.3, 0.4) is 0 Å². The molecule has 21 heavy (non-hydrogen) atoms. The van der Waals surface area contributed by atoms with Gasteiger partial charge in [0.15, 0.2) is 0 Å². The monoisotopic (exact) mass is 298 g/mol. The number of hydrogen-bond donors (Lipinski definition) is 1. The molecule has 0 saturated heterocycles. The summed E-state index contributed by atoms with van der Waals surface area (Å²) in [6, 6.07) is 6.01. The van der Waals surface area contributed by atoms with Gasteiger partial charge < -0.3 is 10.3 Å². The predicted octanol–water partition coefficient (Wildman–Crippen LogP) is 3.88. The Hall–Kier alpha value is -1.36. The van der Waals surface area contributed by atoms with Crippen LogP contribution in [0.2, 0.25) is 0 Å². The molecular weight excluding hydrogens is 277 g/mol. The van der Waals surface area contributed by atoms with Crippen molar-refractivity contribution in [2.24, 2.45) is 10.9 Å². The minimum Gasteiger partial charge on any atom is -0.316 e. The van der Waals surface area contributed by atoms with Gasteiger partial charge >= 0.3 is 6.18 Å². The molecule has 3 atom stereocenters. The number of rotatable bonds is 3. The van der Waals surface area contributed by atoms with E-state index in [1.807, 2.05) is 13.3 Å². The van der Waals surface area contributed by atoms with E-state index < -0.39 is 11.7 Å². The molecule has 0 radical (unpaired) electrons. The Morgan fingerprint density at radius 3 is 2.67 bits per heavy atom. The maximum absolute atomic E-state index is 12.8. The fourth-order valence-corrected chi connectivity index (χ4v) is 3.17. The number of aliphatic imine (C=N–C) groups is 1. The summed E-state index contributed by atoms with van der Waals surface area (Å²) in [4.78, 5) is 4.09. The zero-order valence-corrected chi connectivity index (χ0v) is 12.3. The van der Waals surface area contributed by atoms with Crippen molar-refractivity contribution in [3.05, 3.63) is 35.4 Å². The van der Waals surface area contributed by atoms with Crippen molar-refractivity contribution in [3.63, 3.8) is 0 Å². The van der Waals surface area contributed by atoms with Gasteiger partial charge in [0.05, 0.1) is 5.56 Å². The lowest BCUT2D eigenvalue weighted by molar-refractivity contribution is -0.137. The van der Waals surface area contributed by atoms with E-state index >= 15 is 0 Å². The predicted molar refractivity (Wildman–Crippen MR) is 78.8 cm³/mol. The Morgan fingerprint density at radius 1 is 1.29 bits per heavy atom. The van der Waals surface area contributed by atoms with Crippen LogP contribution in [-0.2, 0) is 6.18 Å². The summed E-state index contributed by atoms with van der Waals surface area (Å²) in [5, 5.41) is 3.27. The quantitative estimate of drug-likeness (QED) is 0.842. The second-order valence-corrected chi connectivity index (χ2v) is 5.60. The second-order valence-electron chi connectivity index (χ2n) is 5.60. The normalized spacial score (nSPS) is 27.2. The van der Waals surface area contributed by atoms with Crippen molar-refractivity contribution < 1.29 is 13.2 Å². The van der Waals surface area contributed by atoms with Crippen molar-refractivity contribution in [2.45, 2.75) is 37.4 Å². The lowest BCUT2D eigenvalue weighted by Gasteiger charge is -2.34. The van der Waals surface area contributed by atoms with Gasteiger partial charge in [0.25, 0.3) is 0 Å². The SMILES string of the molecule is C/N=C/C1CC[C@H](c2cccc(C(F)(F)F)c2)C[C@@H]1NC. The molecule has 116 valence electrons. The highest BCUT2D eigenvalue weighted by molar-refractivity contribution is 5.62. The molecule has 0 spiro atoms. The maximum atomic E-state index is 12.8. The molecule has 1 aliphatic rings. The molecule has 1 aliphatic carbocycles. The van der Waals surface area contributed by atoms with E-state index in [9.17, 15) is 13.2 Å². The Labute approximate surface area is 123 Å². The van der Waals surface area contributed by atoms with Crippen molar-refractivity contribution in [3.8, 4) is 0 Å². The number of nitrogens with zero attached hydrogens (tertiary/aromatic N) is 1. The number of nitrogens with one attached hydrogen (secondary N) is 1. The summed E-state index contributed by atoms with van der Waals surface area (Å²) < 4.78 is 38.4. The van der Waals surface area contributed by atoms with E-state index in [-0.39, 0.29) is 12.0 Å². The minimum atomic E-state index is -4.27. The van der Waals surface area contributed by atoms with E-state index in [1.165, 1.54) is 12.1 Å². The highest BCUT2D eigenvalue weighted by Crippen LogP contribution is 2.37. The number of benzene rings is 1. The van der Waals surface area contributed by atoms with E-state index in [4.69, 9.17) is 0 Å². The topological polar surface area (TPSA) is 24.4 Å². The van der Waals surface area contributed by atoms with E-state index in [1.54, 1.807) is 13.1 Å². The summed E-state index contributed by atoms with van der Waals surface area (Å²) in [5.74, 6) is 0.535. The van der Waals surface area contributed by atoms with Gasteiger partial charge in [0, 0.05) is 25.2 Å². The van der Waals surface area contributed by atoms with Gasteiger partial charge in [-0.1, -0.05) is 18.2 Å². The zero-order chi connectivity index (χ0) is 15.5. The summed E-state index contributed by atoms with van der Waals surface area (Å²) in [7, 11) is 3.65. The van der Waals surface area contributed by atoms with Gasteiger partial charge in [0.1, 0.15) is 0 Å². The molecule has 5 heteroatoms. The molecule has 2 rings (SSSR count). The fraction of sp³-hybridized carbons (Fsp3) is 0.562. The summed E-state index contributed by atoms with van der Waals surface area (Å²) in [6.07, 6.45) is 0.364. The summed E-state index contributed by atoms with van der Waals surface area (Å²) >= 11 is 0. The molecule has 1 aromatic carbocycles. The first kappa shape index (κ1) is 16.0. The molecule has 0 aromatic heterocycles. The lowest BCUT2D eigenvalue weighted by Crippen LogP contribution is -2.39. The van der Waals surface area contributed by atoms with Gasteiger partial charge in [-0.05, 0) is 43.9 Å². The smallest absolute Gasteiger partial charge is 0.316 e. The Kier molecular flexibility index (Phi) is 5.04. The molecule has 1 unspecified atom stereocenters. The van der Waals surface area contributed by atoms with Crippen LogP contribution in [0.25, 0.3) is 0 Å². The van der Waals surface area contributed by atoms with Gasteiger partial charge in [-0.2, -0.15) is 13.2 Å². The third kappa shape index (κ3) is 3.84. The van der Waals surface area contributed by atoms with Crippen LogP contribution in [0.4, 0.5) is 13.2 Å². The van der Waals surface area contributed by atoms with Crippen molar-refractivity contribution in [2.75, 3.05) is 14.1 Å². The van der Waals surface area contributed by atoms with Crippen LogP contribution < -0.4 is 5.32 Å². The third-order valence-corrected chi connectivity index (χ3v) is 4.30. The van der Waals surface area contributed by atoms with Crippen molar-refractivity contribution in [1.29, 1.82) is 0 Å². The average molecular weight is 298 g/mol. The molecule has 2 nitrogen and oxygen atoms in total. The highest BCUT2D eigenvalue weighted by atomic mass is 19.4. The highest BCUT2D eigenvalue weighted by Gasteiger charge is 2.33. The van der Waals surface area contributed by atoms with Crippen LogP contribution in [0.5, 0.6) is 0 Å².